The van der Waals surface area contributed by atoms with E-state index in [4.69, 9.17) is 17.3 Å². The summed E-state index contributed by atoms with van der Waals surface area (Å²) in [6.45, 7) is 1.08. The Kier molecular flexibility index (Phi) is 4.69. The second kappa shape index (κ2) is 6.61. The number of halogens is 1. The summed E-state index contributed by atoms with van der Waals surface area (Å²) in [4.78, 5) is 24.9. The lowest BCUT2D eigenvalue weighted by Gasteiger charge is -2.21. The molecule has 1 saturated heterocycles. The van der Waals surface area contributed by atoms with Gasteiger partial charge >= 0.3 is 6.03 Å². The number of aliphatic hydroxyl groups is 1. The molecule has 2 fully saturated rings. The molecular formula is C17H22ClN3O3. The van der Waals surface area contributed by atoms with E-state index in [1.165, 1.54) is 0 Å². The number of amides is 3. The predicted octanol–water partition coefficient (Wildman–Crippen LogP) is 1.25. The molecule has 2 aliphatic rings. The van der Waals surface area contributed by atoms with Gasteiger partial charge in [0.05, 0.1) is 6.10 Å². The van der Waals surface area contributed by atoms with Gasteiger partial charge in [0, 0.05) is 42.4 Å². The SMILES string of the molecule is NC(=O)C[C@@H]1CN(C(=O)NCC2(c3ccccc3Cl)CC2)C[C@H]1O. The molecule has 24 heavy (non-hydrogen) atoms. The smallest absolute Gasteiger partial charge is 0.317 e. The largest absolute Gasteiger partial charge is 0.391 e. The quantitative estimate of drug-likeness (QED) is 0.745. The molecule has 1 heterocycles. The predicted molar refractivity (Wildman–Crippen MR) is 90.6 cm³/mol. The van der Waals surface area contributed by atoms with Crippen molar-refractivity contribution in [2.24, 2.45) is 11.7 Å². The highest BCUT2D eigenvalue weighted by molar-refractivity contribution is 6.31. The molecule has 0 unspecified atom stereocenters. The molecule has 0 radical (unpaired) electrons. The number of hydrogen-bond donors (Lipinski definition) is 3. The third-order valence-electron chi connectivity index (χ3n) is 5.03. The molecule has 130 valence electrons. The number of hydrogen-bond acceptors (Lipinski definition) is 3. The number of carbonyl (C=O) groups is 2. The van der Waals surface area contributed by atoms with Crippen molar-refractivity contribution < 1.29 is 14.7 Å². The zero-order valence-corrected chi connectivity index (χ0v) is 14.1. The van der Waals surface area contributed by atoms with Crippen LogP contribution < -0.4 is 11.1 Å². The minimum absolute atomic E-state index is 0.0844. The van der Waals surface area contributed by atoms with Crippen LogP contribution in [-0.2, 0) is 10.2 Å². The van der Waals surface area contributed by atoms with Gasteiger partial charge in [-0.15, -0.1) is 0 Å². The highest BCUT2D eigenvalue weighted by atomic mass is 35.5. The van der Waals surface area contributed by atoms with E-state index in [0.717, 1.165) is 23.4 Å². The van der Waals surface area contributed by atoms with Crippen LogP contribution in [0.4, 0.5) is 4.79 Å². The fourth-order valence-electron chi connectivity index (χ4n) is 3.42. The zero-order valence-electron chi connectivity index (χ0n) is 13.4. The summed E-state index contributed by atoms with van der Waals surface area (Å²) in [7, 11) is 0. The van der Waals surface area contributed by atoms with Gasteiger partial charge in [0.15, 0.2) is 0 Å². The summed E-state index contributed by atoms with van der Waals surface area (Å²) in [5.74, 6) is -0.747. The van der Waals surface area contributed by atoms with E-state index in [9.17, 15) is 14.7 Å². The third-order valence-corrected chi connectivity index (χ3v) is 5.36. The van der Waals surface area contributed by atoms with Crippen molar-refractivity contribution in [3.8, 4) is 0 Å². The second-order valence-electron chi connectivity index (χ2n) is 6.82. The number of carbonyl (C=O) groups excluding carboxylic acids is 2. The second-order valence-corrected chi connectivity index (χ2v) is 7.23. The van der Waals surface area contributed by atoms with Gasteiger partial charge in [0.1, 0.15) is 0 Å². The fraction of sp³-hybridized carbons (Fsp3) is 0.529. The van der Waals surface area contributed by atoms with Gasteiger partial charge in [-0.25, -0.2) is 4.79 Å². The average molecular weight is 352 g/mol. The van der Waals surface area contributed by atoms with E-state index in [2.05, 4.69) is 5.32 Å². The number of nitrogens with two attached hydrogens (primary N) is 1. The van der Waals surface area contributed by atoms with Gasteiger partial charge in [-0.05, 0) is 24.5 Å². The average Bonchev–Trinajstić information content (AvgIpc) is 3.24. The molecular weight excluding hydrogens is 330 g/mol. The van der Waals surface area contributed by atoms with E-state index < -0.39 is 12.0 Å². The van der Waals surface area contributed by atoms with E-state index in [1.54, 1.807) is 4.90 Å². The topological polar surface area (TPSA) is 95.7 Å². The Bertz CT molecular complexity index is 648. The molecule has 6 nitrogen and oxygen atoms in total. The lowest BCUT2D eigenvalue weighted by atomic mass is 9.96. The first kappa shape index (κ1) is 17.0. The number of rotatable bonds is 5. The van der Waals surface area contributed by atoms with E-state index in [1.807, 2.05) is 24.3 Å². The lowest BCUT2D eigenvalue weighted by Crippen LogP contribution is -2.42. The van der Waals surface area contributed by atoms with Gasteiger partial charge in [-0.3, -0.25) is 4.79 Å². The Labute approximate surface area is 146 Å². The Balaban J connectivity index is 1.57. The maximum atomic E-state index is 12.4. The number of β-amino-alcohol motifs (C(OH)–C–C–N with tert-alkyl or cyclic N) is 1. The Morgan fingerprint density at radius 2 is 2.04 bits per heavy atom. The van der Waals surface area contributed by atoms with E-state index in [-0.39, 0.29) is 30.3 Å². The number of nitrogens with one attached hydrogen (secondary N) is 1. The van der Waals surface area contributed by atoms with Crippen LogP contribution in [0.1, 0.15) is 24.8 Å². The van der Waals surface area contributed by atoms with Crippen LogP contribution >= 0.6 is 11.6 Å². The molecule has 4 N–H and O–H groups in total. The van der Waals surface area contributed by atoms with Crippen molar-refractivity contribution in [1.29, 1.82) is 0 Å². The first-order valence-electron chi connectivity index (χ1n) is 8.15. The molecule has 2 atom stereocenters. The first-order chi connectivity index (χ1) is 11.4. The van der Waals surface area contributed by atoms with Crippen LogP contribution in [0.3, 0.4) is 0 Å². The van der Waals surface area contributed by atoms with Crippen LogP contribution in [0.2, 0.25) is 5.02 Å². The molecule has 1 aromatic rings. The van der Waals surface area contributed by atoms with Gasteiger partial charge < -0.3 is 21.1 Å². The van der Waals surface area contributed by atoms with Crippen LogP contribution in [0.5, 0.6) is 0 Å². The van der Waals surface area contributed by atoms with Gasteiger partial charge in [-0.2, -0.15) is 0 Å². The van der Waals surface area contributed by atoms with E-state index in [0.29, 0.717) is 13.1 Å². The van der Waals surface area contributed by atoms with Crippen LogP contribution in [0.15, 0.2) is 24.3 Å². The third kappa shape index (κ3) is 3.49. The molecule has 0 aromatic heterocycles. The molecule has 3 rings (SSSR count). The summed E-state index contributed by atoms with van der Waals surface area (Å²) >= 11 is 6.28. The number of urea groups is 1. The lowest BCUT2D eigenvalue weighted by molar-refractivity contribution is -0.119. The van der Waals surface area contributed by atoms with Crippen molar-refractivity contribution in [3.63, 3.8) is 0 Å². The zero-order chi connectivity index (χ0) is 17.3. The molecule has 3 amide bonds. The monoisotopic (exact) mass is 351 g/mol. The highest BCUT2D eigenvalue weighted by Gasteiger charge is 2.46. The summed E-state index contributed by atoms with van der Waals surface area (Å²) in [5.41, 5.74) is 6.16. The highest BCUT2D eigenvalue weighted by Crippen LogP contribution is 2.49. The maximum Gasteiger partial charge on any atom is 0.317 e. The number of nitrogens with zero attached hydrogens (tertiary/aromatic N) is 1. The molecule has 1 aromatic carbocycles. The molecule has 0 bridgehead atoms. The number of likely N-dealkylation sites (tertiary alicyclic amines) is 1. The Morgan fingerprint density at radius 1 is 1.33 bits per heavy atom. The molecule has 1 aliphatic carbocycles. The standard InChI is InChI=1S/C17H22ClN3O3/c18-13-4-2-1-3-12(13)17(5-6-17)10-20-16(24)21-8-11(7-15(19)23)14(22)9-21/h1-4,11,14,22H,5-10H2,(H2,19,23)(H,20,24)/t11-,14-/m1/s1. The van der Waals surface area contributed by atoms with Crippen molar-refractivity contribution in [2.45, 2.75) is 30.8 Å². The molecule has 1 aliphatic heterocycles. The molecule has 7 heteroatoms. The van der Waals surface area contributed by atoms with Crippen molar-refractivity contribution >= 4 is 23.5 Å². The van der Waals surface area contributed by atoms with Crippen molar-refractivity contribution in [2.75, 3.05) is 19.6 Å². The summed E-state index contributed by atoms with van der Waals surface area (Å²) in [6.07, 6.45) is 1.37. The minimum atomic E-state index is -0.707. The van der Waals surface area contributed by atoms with Gasteiger partial charge in [0.2, 0.25) is 5.91 Å². The fourth-order valence-corrected chi connectivity index (χ4v) is 3.76. The van der Waals surface area contributed by atoms with Crippen molar-refractivity contribution in [1.82, 2.24) is 10.2 Å². The summed E-state index contributed by atoms with van der Waals surface area (Å²) in [5, 5.41) is 13.6. The van der Waals surface area contributed by atoms with Crippen LogP contribution in [-0.4, -0.2) is 47.7 Å². The Hall–Kier alpha value is -1.79. The van der Waals surface area contributed by atoms with Crippen LogP contribution in [0.25, 0.3) is 0 Å². The normalized spacial score (nSPS) is 24.7. The number of primary amides is 1. The summed E-state index contributed by atoms with van der Waals surface area (Å²) < 4.78 is 0. The molecule has 1 saturated carbocycles. The summed E-state index contributed by atoms with van der Waals surface area (Å²) in [6, 6.07) is 7.49. The maximum absolute atomic E-state index is 12.4. The number of benzene rings is 1. The molecule has 0 spiro atoms. The van der Waals surface area contributed by atoms with Gasteiger partial charge in [-0.1, -0.05) is 29.8 Å². The minimum Gasteiger partial charge on any atom is -0.391 e. The van der Waals surface area contributed by atoms with Crippen molar-refractivity contribution in [3.05, 3.63) is 34.9 Å². The van der Waals surface area contributed by atoms with Gasteiger partial charge in [0.25, 0.3) is 0 Å². The first-order valence-corrected chi connectivity index (χ1v) is 8.53. The number of aliphatic hydroxyl groups excluding tert-OH is 1. The van der Waals surface area contributed by atoms with Crippen LogP contribution in [0, 0.1) is 5.92 Å². The van der Waals surface area contributed by atoms with E-state index >= 15 is 0 Å². The Morgan fingerprint density at radius 3 is 2.67 bits per heavy atom.